The number of likely N-dealkylation sites (tertiary alicyclic amines) is 1. The normalized spacial score (nSPS) is 27.1. The van der Waals surface area contributed by atoms with Crippen molar-refractivity contribution in [3.8, 4) is 0 Å². The third-order valence-electron chi connectivity index (χ3n) is 4.15. The van der Waals surface area contributed by atoms with Gasteiger partial charge in [-0.1, -0.05) is 12.5 Å². The van der Waals surface area contributed by atoms with Gasteiger partial charge in [-0.15, -0.1) is 19.0 Å². The number of aliphatic hydroxyl groups is 1. The number of methoxy groups -OCH3 is 1. The molecular formula is C16H26ClNO2. The van der Waals surface area contributed by atoms with Crippen LogP contribution in [0.2, 0.25) is 0 Å². The van der Waals surface area contributed by atoms with Crippen molar-refractivity contribution in [2.24, 2.45) is 5.41 Å². The lowest BCUT2D eigenvalue weighted by Crippen LogP contribution is -2.40. The van der Waals surface area contributed by atoms with E-state index in [9.17, 15) is 5.11 Å². The molecule has 1 aliphatic carbocycles. The van der Waals surface area contributed by atoms with Gasteiger partial charge in [0.05, 0.1) is 7.11 Å². The predicted octanol–water partition coefficient (Wildman–Crippen LogP) is 3.83. The lowest BCUT2D eigenvalue weighted by molar-refractivity contribution is 0.149. The SMILES string of the molecule is C=CCC1(CN2CCCCC2)C=C(OC)C(O)=CC1.Cl. The smallest absolute Gasteiger partial charge is 0.156 e. The topological polar surface area (TPSA) is 32.7 Å². The van der Waals surface area contributed by atoms with Gasteiger partial charge < -0.3 is 14.7 Å². The Bertz CT molecular complexity index is 386. The molecule has 3 nitrogen and oxygen atoms in total. The summed E-state index contributed by atoms with van der Waals surface area (Å²) in [6.07, 6.45) is 11.7. The highest BCUT2D eigenvalue weighted by Crippen LogP contribution is 2.37. The van der Waals surface area contributed by atoms with Crippen LogP contribution < -0.4 is 0 Å². The van der Waals surface area contributed by atoms with Gasteiger partial charge in [0.1, 0.15) is 0 Å². The molecule has 1 aliphatic heterocycles. The van der Waals surface area contributed by atoms with E-state index in [1.54, 1.807) is 7.11 Å². The fraction of sp³-hybridized carbons (Fsp3) is 0.625. The van der Waals surface area contributed by atoms with Gasteiger partial charge in [0.15, 0.2) is 11.5 Å². The van der Waals surface area contributed by atoms with E-state index in [4.69, 9.17) is 4.74 Å². The quantitative estimate of drug-likeness (QED) is 0.783. The minimum absolute atomic E-state index is 0. The van der Waals surface area contributed by atoms with E-state index in [2.05, 4.69) is 17.6 Å². The van der Waals surface area contributed by atoms with Gasteiger partial charge in [-0.3, -0.25) is 0 Å². The maximum Gasteiger partial charge on any atom is 0.156 e. The van der Waals surface area contributed by atoms with Crippen LogP contribution in [0.15, 0.2) is 36.3 Å². The first-order chi connectivity index (χ1) is 9.19. The Kier molecular flexibility index (Phi) is 6.63. The van der Waals surface area contributed by atoms with E-state index in [0.29, 0.717) is 5.76 Å². The van der Waals surface area contributed by atoms with E-state index in [-0.39, 0.29) is 23.6 Å². The fourth-order valence-corrected chi connectivity index (χ4v) is 3.14. The number of allylic oxidation sites excluding steroid dienone is 2. The van der Waals surface area contributed by atoms with Crippen LogP contribution in [0.25, 0.3) is 0 Å². The van der Waals surface area contributed by atoms with Gasteiger partial charge in [-0.05, 0) is 50.9 Å². The zero-order valence-corrected chi connectivity index (χ0v) is 13.1. The van der Waals surface area contributed by atoms with Crippen LogP contribution in [-0.4, -0.2) is 36.8 Å². The summed E-state index contributed by atoms with van der Waals surface area (Å²) in [6, 6.07) is 0. The molecule has 0 saturated carbocycles. The van der Waals surface area contributed by atoms with Crippen LogP contribution in [0, 0.1) is 5.41 Å². The van der Waals surface area contributed by atoms with Crippen LogP contribution >= 0.6 is 12.4 Å². The Morgan fingerprint density at radius 3 is 2.70 bits per heavy atom. The first-order valence-electron chi connectivity index (χ1n) is 7.19. The number of ether oxygens (including phenoxy) is 1. The molecule has 0 aromatic heterocycles. The lowest BCUT2D eigenvalue weighted by Gasteiger charge is -2.38. The molecule has 0 aromatic carbocycles. The first-order valence-corrected chi connectivity index (χ1v) is 7.19. The van der Waals surface area contributed by atoms with Crippen LogP contribution in [0.4, 0.5) is 0 Å². The molecular weight excluding hydrogens is 274 g/mol. The van der Waals surface area contributed by atoms with Crippen molar-refractivity contribution in [2.75, 3.05) is 26.7 Å². The number of hydrogen-bond donors (Lipinski definition) is 1. The number of piperidine rings is 1. The van der Waals surface area contributed by atoms with Crippen molar-refractivity contribution in [1.82, 2.24) is 4.90 Å². The molecule has 4 heteroatoms. The number of rotatable bonds is 5. The maximum atomic E-state index is 9.80. The van der Waals surface area contributed by atoms with Crippen molar-refractivity contribution in [1.29, 1.82) is 0 Å². The summed E-state index contributed by atoms with van der Waals surface area (Å²) in [4.78, 5) is 2.53. The molecule has 1 heterocycles. The first kappa shape index (κ1) is 17.1. The standard InChI is InChI=1S/C16H25NO2.ClH/c1-3-8-16(13-17-10-5-4-6-11-17)9-7-14(18)15(12-16)19-2;/h3,7,12,18H,1,4-6,8-11,13H2,2H3;1H. The second-order valence-electron chi connectivity index (χ2n) is 5.70. The molecule has 20 heavy (non-hydrogen) atoms. The second kappa shape index (κ2) is 7.75. The van der Waals surface area contributed by atoms with Crippen molar-refractivity contribution < 1.29 is 9.84 Å². The summed E-state index contributed by atoms with van der Waals surface area (Å²) in [6.45, 7) is 7.29. The summed E-state index contributed by atoms with van der Waals surface area (Å²) in [5, 5.41) is 9.80. The van der Waals surface area contributed by atoms with Crippen LogP contribution in [0.5, 0.6) is 0 Å². The highest BCUT2D eigenvalue weighted by atomic mass is 35.5. The van der Waals surface area contributed by atoms with E-state index in [1.165, 1.54) is 32.4 Å². The Morgan fingerprint density at radius 1 is 1.40 bits per heavy atom. The molecule has 1 saturated heterocycles. The molecule has 1 atom stereocenters. The number of halogens is 1. The van der Waals surface area contributed by atoms with Crippen LogP contribution in [0.3, 0.4) is 0 Å². The Labute approximate surface area is 128 Å². The van der Waals surface area contributed by atoms with Gasteiger partial charge in [-0.2, -0.15) is 0 Å². The number of nitrogens with zero attached hydrogens (tertiary/aromatic N) is 1. The third-order valence-corrected chi connectivity index (χ3v) is 4.15. The van der Waals surface area contributed by atoms with E-state index >= 15 is 0 Å². The summed E-state index contributed by atoms with van der Waals surface area (Å²) < 4.78 is 5.28. The van der Waals surface area contributed by atoms with Gasteiger partial charge in [0, 0.05) is 12.0 Å². The Morgan fingerprint density at radius 2 is 2.10 bits per heavy atom. The largest absolute Gasteiger partial charge is 0.504 e. The zero-order valence-electron chi connectivity index (χ0n) is 12.3. The van der Waals surface area contributed by atoms with E-state index < -0.39 is 0 Å². The molecule has 0 bridgehead atoms. The van der Waals surface area contributed by atoms with Gasteiger partial charge in [-0.25, -0.2) is 0 Å². The van der Waals surface area contributed by atoms with E-state index in [1.807, 2.05) is 12.2 Å². The molecule has 2 rings (SSSR count). The minimum Gasteiger partial charge on any atom is -0.504 e. The molecule has 2 aliphatic rings. The molecule has 0 radical (unpaired) electrons. The summed E-state index contributed by atoms with van der Waals surface area (Å²) in [7, 11) is 1.61. The van der Waals surface area contributed by atoms with Crippen LogP contribution in [0.1, 0.15) is 32.1 Å². The zero-order chi connectivity index (χ0) is 13.7. The number of aliphatic hydroxyl groups excluding tert-OH is 1. The molecule has 1 unspecified atom stereocenters. The van der Waals surface area contributed by atoms with Crippen molar-refractivity contribution in [3.05, 3.63) is 36.3 Å². The van der Waals surface area contributed by atoms with Crippen molar-refractivity contribution in [3.63, 3.8) is 0 Å². The van der Waals surface area contributed by atoms with Crippen molar-refractivity contribution in [2.45, 2.75) is 32.1 Å². The van der Waals surface area contributed by atoms with Gasteiger partial charge in [0.25, 0.3) is 0 Å². The van der Waals surface area contributed by atoms with Gasteiger partial charge >= 0.3 is 0 Å². The second-order valence-corrected chi connectivity index (χ2v) is 5.70. The lowest BCUT2D eigenvalue weighted by atomic mass is 9.77. The molecule has 1 N–H and O–H groups in total. The van der Waals surface area contributed by atoms with Crippen LogP contribution in [-0.2, 0) is 4.74 Å². The minimum atomic E-state index is 0. The average molecular weight is 300 g/mol. The molecule has 0 amide bonds. The van der Waals surface area contributed by atoms with Gasteiger partial charge in [0.2, 0.25) is 0 Å². The Hall–Kier alpha value is -0.930. The number of hydrogen-bond acceptors (Lipinski definition) is 3. The Balaban J connectivity index is 0.00000200. The molecule has 1 fully saturated rings. The highest BCUT2D eigenvalue weighted by molar-refractivity contribution is 5.85. The fourth-order valence-electron chi connectivity index (χ4n) is 3.14. The monoisotopic (exact) mass is 299 g/mol. The summed E-state index contributed by atoms with van der Waals surface area (Å²) in [5.74, 6) is 0.867. The predicted molar refractivity (Wildman–Crippen MR) is 85.2 cm³/mol. The third kappa shape index (κ3) is 4.03. The molecule has 114 valence electrons. The molecule has 0 spiro atoms. The van der Waals surface area contributed by atoms with E-state index in [0.717, 1.165) is 19.4 Å². The highest BCUT2D eigenvalue weighted by Gasteiger charge is 2.33. The maximum absolute atomic E-state index is 9.80. The average Bonchev–Trinajstić information content (AvgIpc) is 2.43. The molecule has 0 aromatic rings. The summed E-state index contributed by atoms with van der Waals surface area (Å²) >= 11 is 0. The van der Waals surface area contributed by atoms with Crippen molar-refractivity contribution >= 4 is 12.4 Å². The summed E-state index contributed by atoms with van der Waals surface area (Å²) in [5.41, 5.74) is 0.0245.